The van der Waals surface area contributed by atoms with E-state index in [1.807, 2.05) is 18.4 Å². The van der Waals surface area contributed by atoms with Crippen LogP contribution in [-0.2, 0) is 24.4 Å². The molecular weight excluding hydrogens is 348 g/mol. The maximum absolute atomic E-state index is 12.8. The minimum absolute atomic E-state index is 0.158. The molecule has 144 valence electrons. The average molecular weight is 372 g/mol. The predicted molar refractivity (Wildman–Crippen MR) is 100 cm³/mol. The van der Waals surface area contributed by atoms with Gasteiger partial charge in [0.25, 0.3) is 5.56 Å². The average Bonchev–Trinajstić information content (AvgIpc) is 2.93. The molecule has 0 amide bonds. The van der Waals surface area contributed by atoms with Crippen molar-refractivity contribution in [2.24, 2.45) is 0 Å². The molecule has 8 heteroatoms. The smallest absolute Gasteiger partial charge is 0.331 e. The number of carbonyl (C=O) groups excluding carboxylic acids is 1. The first-order chi connectivity index (χ1) is 12.8. The predicted octanol–water partition coefficient (Wildman–Crippen LogP) is 1.24. The maximum Gasteiger partial charge on any atom is 0.331 e. The lowest BCUT2D eigenvalue weighted by Gasteiger charge is -2.10. The Hall–Kier alpha value is -2.92. The summed E-state index contributed by atoms with van der Waals surface area (Å²) in [6.07, 6.45) is 2.04. The summed E-state index contributed by atoms with van der Waals surface area (Å²) >= 11 is 0. The molecule has 2 heterocycles. The maximum atomic E-state index is 12.8. The number of aryl methyl sites for hydroxylation is 2. The van der Waals surface area contributed by atoms with Crippen LogP contribution in [-0.4, -0.2) is 33.2 Å². The van der Waals surface area contributed by atoms with Gasteiger partial charge < -0.3 is 9.30 Å². The summed E-state index contributed by atoms with van der Waals surface area (Å²) in [4.78, 5) is 37.6. The zero-order valence-electron chi connectivity index (χ0n) is 16.1. The highest BCUT2D eigenvalue weighted by Crippen LogP contribution is 2.16. The molecule has 2 aromatic heterocycles. The molecule has 0 aliphatic rings. The third kappa shape index (κ3) is 4.09. The Morgan fingerprint density at radius 1 is 1.26 bits per heavy atom. The van der Waals surface area contributed by atoms with Gasteiger partial charge in [0.15, 0.2) is 5.78 Å². The Bertz CT molecular complexity index is 1000. The van der Waals surface area contributed by atoms with E-state index in [-0.39, 0.29) is 11.3 Å². The molecule has 27 heavy (non-hydrogen) atoms. The zero-order chi connectivity index (χ0) is 20.1. The van der Waals surface area contributed by atoms with Crippen molar-refractivity contribution in [2.75, 3.05) is 13.7 Å². The Labute approximate surface area is 157 Å². The van der Waals surface area contributed by atoms with Gasteiger partial charge in [-0.05, 0) is 33.3 Å². The molecule has 0 bridgehead atoms. The summed E-state index contributed by atoms with van der Waals surface area (Å²) in [5.41, 5.74) is 0.694. The summed E-state index contributed by atoms with van der Waals surface area (Å²) < 4.78 is 9.17. The van der Waals surface area contributed by atoms with E-state index in [9.17, 15) is 14.4 Å². The second-order valence-corrected chi connectivity index (χ2v) is 6.32. The second-order valence-electron chi connectivity index (χ2n) is 6.32. The van der Waals surface area contributed by atoms with Crippen LogP contribution in [0.4, 0.5) is 0 Å². The fraction of sp³-hybridized carbons (Fsp3) is 0.474. The van der Waals surface area contributed by atoms with Crippen molar-refractivity contribution in [1.82, 2.24) is 13.7 Å². The number of hydrogen-bond donors (Lipinski definition) is 0. The SMILES string of the molecule is CCn1cc(C#N)c(=O)n(CC(=O)c2cc(C)n(CCCOC)c2C)c1=O. The Kier molecular flexibility index (Phi) is 6.53. The van der Waals surface area contributed by atoms with E-state index in [4.69, 9.17) is 10.00 Å². The molecule has 0 aliphatic carbocycles. The topological polar surface area (TPSA) is 99.0 Å². The number of nitriles is 1. The minimum atomic E-state index is -0.741. The number of ketones is 1. The first-order valence-corrected chi connectivity index (χ1v) is 8.78. The van der Waals surface area contributed by atoms with E-state index in [1.54, 1.807) is 26.2 Å². The first-order valence-electron chi connectivity index (χ1n) is 8.78. The lowest BCUT2D eigenvalue weighted by atomic mass is 10.1. The van der Waals surface area contributed by atoms with Crippen LogP contribution < -0.4 is 11.2 Å². The molecule has 0 atom stereocenters. The molecule has 8 nitrogen and oxygen atoms in total. The van der Waals surface area contributed by atoms with Crippen LogP contribution in [0.3, 0.4) is 0 Å². The van der Waals surface area contributed by atoms with Gasteiger partial charge in [0.2, 0.25) is 0 Å². The number of ether oxygens (including phenoxy) is 1. The van der Waals surface area contributed by atoms with Gasteiger partial charge in [-0.1, -0.05) is 0 Å². The van der Waals surface area contributed by atoms with E-state index in [1.165, 1.54) is 10.8 Å². The van der Waals surface area contributed by atoms with E-state index < -0.39 is 17.8 Å². The molecule has 0 radical (unpaired) electrons. The Balaban J connectivity index is 2.39. The summed E-state index contributed by atoms with van der Waals surface area (Å²) in [6.45, 7) is 6.71. The molecule has 0 saturated carbocycles. The van der Waals surface area contributed by atoms with E-state index in [2.05, 4.69) is 0 Å². The molecule has 0 aliphatic heterocycles. The van der Waals surface area contributed by atoms with Crippen molar-refractivity contribution < 1.29 is 9.53 Å². The highest BCUT2D eigenvalue weighted by atomic mass is 16.5. The third-order valence-electron chi connectivity index (χ3n) is 4.60. The zero-order valence-corrected chi connectivity index (χ0v) is 16.1. The van der Waals surface area contributed by atoms with Crippen LogP contribution in [0.2, 0.25) is 0 Å². The van der Waals surface area contributed by atoms with Crippen molar-refractivity contribution in [3.8, 4) is 6.07 Å². The summed E-state index contributed by atoms with van der Waals surface area (Å²) in [5, 5.41) is 9.11. The monoisotopic (exact) mass is 372 g/mol. The third-order valence-corrected chi connectivity index (χ3v) is 4.60. The van der Waals surface area contributed by atoms with Gasteiger partial charge in [-0.25, -0.2) is 4.79 Å². The van der Waals surface area contributed by atoms with Crippen molar-refractivity contribution in [2.45, 2.75) is 46.8 Å². The van der Waals surface area contributed by atoms with Crippen molar-refractivity contribution in [3.05, 3.63) is 55.6 Å². The summed E-state index contributed by atoms with van der Waals surface area (Å²) in [5.74, 6) is -0.335. The summed E-state index contributed by atoms with van der Waals surface area (Å²) in [6, 6.07) is 3.55. The van der Waals surface area contributed by atoms with Crippen LogP contribution in [0, 0.1) is 25.2 Å². The van der Waals surface area contributed by atoms with Gasteiger partial charge in [0.1, 0.15) is 11.6 Å². The highest BCUT2D eigenvalue weighted by Gasteiger charge is 2.19. The van der Waals surface area contributed by atoms with Gasteiger partial charge in [-0.15, -0.1) is 0 Å². The molecule has 0 spiro atoms. The van der Waals surface area contributed by atoms with Crippen LogP contribution in [0.25, 0.3) is 0 Å². The van der Waals surface area contributed by atoms with Crippen LogP contribution in [0.5, 0.6) is 0 Å². The molecular formula is C19H24N4O4. The number of rotatable bonds is 8. The van der Waals surface area contributed by atoms with E-state index >= 15 is 0 Å². The number of aromatic nitrogens is 3. The number of methoxy groups -OCH3 is 1. The fourth-order valence-corrected chi connectivity index (χ4v) is 3.12. The van der Waals surface area contributed by atoms with Crippen LogP contribution in [0.1, 0.15) is 40.7 Å². The largest absolute Gasteiger partial charge is 0.385 e. The Morgan fingerprint density at radius 3 is 2.56 bits per heavy atom. The van der Waals surface area contributed by atoms with Crippen molar-refractivity contribution >= 4 is 5.78 Å². The molecule has 0 unspecified atom stereocenters. The van der Waals surface area contributed by atoms with Gasteiger partial charge in [-0.3, -0.25) is 18.7 Å². The molecule has 0 saturated heterocycles. The summed E-state index contributed by atoms with van der Waals surface area (Å²) in [7, 11) is 1.64. The molecule has 0 N–H and O–H groups in total. The normalized spacial score (nSPS) is 10.8. The second kappa shape index (κ2) is 8.64. The van der Waals surface area contributed by atoms with Crippen molar-refractivity contribution in [3.63, 3.8) is 0 Å². The van der Waals surface area contributed by atoms with Gasteiger partial charge in [0, 0.05) is 50.0 Å². The number of Topliss-reactive ketones (excluding diaryl/α,β-unsaturated/α-hetero) is 1. The number of hydrogen-bond acceptors (Lipinski definition) is 5. The number of nitrogens with zero attached hydrogens (tertiary/aromatic N) is 4. The van der Waals surface area contributed by atoms with Crippen molar-refractivity contribution in [1.29, 1.82) is 5.26 Å². The van der Waals surface area contributed by atoms with E-state index in [0.29, 0.717) is 25.3 Å². The van der Waals surface area contributed by atoms with E-state index in [0.717, 1.165) is 22.4 Å². The molecule has 2 rings (SSSR count). The molecule has 0 aromatic carbocycles. The van der Waals surface area contributed by atoms with Gasteiger partial charge in [0.05, 0.1) is 6.54 Å². The highest BCUT2D eigenvalue weighted by molar-refractivity contribution is 5.97. The Morgan fingerprint density at radius 2 is 1.96 bits per heavy atom. The lowest BCUT2D eigenvalue weighted by molar-refractivity contribution is 0.0967. The van der Waals surface area contributed by atoms with Crippen LogP contribution >= 0.6 is 0 Å². The molecule has 2 aromatic rings. The quantitative estimate of drug-likeness (QED) is 0.513. The van der Waals surface area contributed by atoms with Gasteiger partial charge in [-0.2, -0.15) is 5.26 Å². The lowest BCUT2D eigenvalue weighted by Crippen LogP contribution is -2.42. The fourth-order valence-electron chi connectivity index (χ4n) is 3.12. The van der Waals surface area contributed by atoms with Crippen LogP contribution in [0.15, 0.2) is 21.9 Å². The standard InChI is InChI=1S/C19H24N4O4/c1-5-21-11-15(10-20)18(25)23(19(21)26)12-17(24)16-9-13(2)22(14(16)3)7-6-8-27-4/h9,11H,5-8,12H2,1-4H3. The van der Waals surface area contributed by atoms with Gasteiger partial charge >= 0.3 is 5.69 Å². The number of carbonyl (C=O) groups is 1. The molecule has 0 fully saturated rings. The first kappa shape index (κ1) is 20.4. The minimum Gasteiger partial charge on any atom is -0.385 e.